The third-order valence-electron chi connectivity index (χ3n) is 4.31. The number of aromatic nitrogens is 3. The van der Waals surface area contributed by atoms with Crippen molar-refractivity contribution < 1.29 is 9.53 Å². The van der Waals surface area contributed by atoms with Gasteiger partial charge in [0, 0.05) is 35.4 Å². The Kier molecular flexibility index (Phi) is 5.74. The normalized spacial score (nSPS) is 10.9. The van der Waals surface area contributed by atoms with Gasteiger partial charge in [-0.2, -0.15) is 4.98 Å². The summed E-state index contributed by atoms with van der Waals surface area (Å²) in [5.41, 5.74) is 10.7. The monoisotopic (exact) mass is 377 g/mol. The first-order chi connectivity index (χ1) is 13.5. The van der Waals surface area contributed by atoms with Crippen LogP contribution in [0.25, 0.3) is 11.8 Å². The second-order valence-electron chi connectivity index (χ2n) is 6.37. The largest absolute Gasteiger partial charge is 0.481 e. The first-order valence-electron chi connectivity index (χ1n) is 8.85. The Bertz CT molecular complexity index is 1010. The second-order valence-corrected chi connectivity index (χ2v) is 6.37. The zero-order valence-corrected chi connectivity index (χ0v) is 16.4. The molecular weight excluding hydrogens is 354 g/mol. The van der Waals surface area contributed by atoms with Gasteiger partial charge in [-0.15, -0.1) is 0 Å². The summed E-state index contributed by atoms with van der Waals surface area (Å²) < 4.78 is 7.18. The molecule has 0 spiro atoms. The quantitative estimate of drug-likeness (QED) is 0.509. The molecule has 0 unspecified atom stereocenters. The fourth-order valence-electron chi connectivity index (χ4n) is 2.89. The average Bonchev–Trinajstić information content (AvgIpc) is 2.99. The standard InChI is InChI=1S/C21H23N5O2/c1-14-5-8-18(9-6-14)26-15(2)13-17(16(26)3)7-10-19(27)24-25-21-22-12-11-20(23-21)28-4/h5-13H,1-4H3,(H,24,27)(H,22,23,25)/b10-7+. The second kappa shape index (κ2) is 8.39. The number of ether oxygens (including phenoxy) is 1. The summed E-state index contributed by atoms with van der Waals surface area (Å²) in [5, 5.41) is 0. The van der Waals surface area contributed by atoms with Crippen molar-refractivity contribution in [1.82, 2.24) is 20.0 Å². The van der Waals surface area contributed by atoms with Crippen molar-refractivity contribution in [2.24, 2.45) is 0 Å². The molecule has 0 bridgehead atoms. The minimum atomic E-state index is -0.313. The van der Waals surface area contributed by atoms with Gasteiger partial charge in [0.25, 0.3) is 5.91 Å². The highest BCUT2D eigenvalue weighted by molar-refractivity contribution is 5.92. The van der Waals surface area contributed by atoms with Crippen LogP contribution in [0.3, 0.4) is 0 Å². The zero-order chi connectivity index (χ0) is 20.1. The lowest BCUT2D eigenvalue weighted by Gasteiger charge is -2.10. The maximum Gasteiger partial charge on any atom is 0.262 e. The number of hydrazine groups is 1. The summed E-state index contributed by atoms with van der Waals surface area (Å²) in [6.07, 6.45) is 4.79. The summed E-state index contributed by atoms with van der Waals surface area (Å²) >= 11 is 0. The minimum absolute atomic E-state index is 0.249. The minimum Gasteiger partial charge on any atom is -0.481 e. The van der Waals surface area contributed by atoms with E-state index in [1.807, 2.05) is 13.8 Å². The van der Waals surface area contributed by atoms with Crippen molar-refractivity contribution in [2.75, 3.05) is 12.5 Å². The molecule has 2 heterocycles. The van der Waals surface area contributed by atoms with E-state index in [4.69, 9.17) is 4.74 Å². The number of hydrogen-bond acceptors (Lipinski definition) is 5. The van der Waals surface area contributed by atoms with Gasteiger partial charge < -0.3 is 9.30 Å². The van der Waals surface area contributed by atoms with Gasteiger partial charge in [0.2, 0.25) is 11.8 Å². The highest BCUT2D eigenvalue weighted by Gasteiger charge is 2.09. The number of methoxy groups -OCH3 is 1. The molecule has 0 saturated carbocycles. The number of nitrogens with one attached hydrogen (secondary N) is 2. The lowest BCUT2D eigenvalue weighted by molar-refractivity contribution is -0.116. The fraction of sp³-hybridized carbons (Fsp3) is 0.190. The summed E-state index contributed by atoms with van der Waals surface area (Å²) in [7, 11) is 1.51. The molecule has 144 valence electrons. The third kappa shape index (κ3) is 4.37. The van der Waals surface area contributed by atoms with E-state index in [0.717, 1.165) is 22.6 Å². The Morgan fingerprint density at radius 1 is 1.14 bits per heavy atom. The molecule has 2 aromatic heterocycles. The number of benzene rings is 1. The summed E-state index contributed by atoms with van der Waals surface area (Å²) in [5.74, 6) is 0.344. The first kappa shape index (κ1) is 19.2. The van der Waals surface area contributed by atoms with Crippen molar-refractivity contribution in [1.29, 1.82) is 0 Å². The highest BCUT2D eigenvalue weighted by Crippen LogP contribution is 2.22. The molecule has 0 aliphatic carbocycles. The lowest BCUT2D eigenvalue weighted by Crippen LogP contribution is -2.28. The van der Waals surface area contributed by atoms with E-state index in [1.54, 1.807) is 12.1 Å². The molecule has 0 aliphatic heterocycles. The smallest absolute Gasteiger partial charge is 0.262 e. The van der Waals surface area contributed by atoms with Crippen LogP contribution in [-0.2, 0) is 4.79 Å². The molecule has 1 aromatic carbocycles. The molecular formula is C21H23N5O2. The van der Waals surface area contributed by atoms with Crippen LogP contribution in [0.4, 0.5) is 5.95 Å². The molecule has 7 nitrogen and oxygen atoms in total. The zero-order valence-electron chi connectivity index (χ0n) is 16.4. The number of carbonyl (C=O) groups excluding carboxylic acids is 1. The van der Waals surface area contributed by atoms with E-state index in [9.17, 15) is 4.79 Å². The summed E-state index contributed by atoms with van der Waals surface area (Å²) in [6, 6.07) is 12.0. The van der Waals surface area contributed by atoms with Crippen LogP contribution in [0.2, 0.25) is 0 Å². The van der Waals surface area contributed by atoms with E-state index < -0.39 is 0 Å². The fourth-order valence-corrected chi connectivity index (χ4v) is 2.89. The number of amides is 1. The number of rotatable bonds is 6. The van der Waals surface area contributed by atoms with Crippen molar-refractivity contribution in [3.63, 3.8) is 0 Å². The van der Waals surface area contributed by atoms with Crippen LogP contribution in [-0.4, -0.2) is 27.6 Å². The van der Waals surface area contributed by atoms with Gasteiger partial charge in [0.15, 0.2) is 0 Å². The maximum absolute atomic E-state index is 12.1. The Morgan fingerprint density at radius 3 is 2.61 bits per heavy atom. The maximum atomic E-state index is 12.1. The predicted molar refractivity (Wildman–Crippen MR) is 109 cm³/mol. The van der Waals surface area contributed by atoms with Crippen molar-refractivity contribution >= 4 is 17.9 Å². The van der Waals surface area contributed by atoms with E-state index >= 15 is 0 Å². The molecule has 0 fully saturated rings. The van der Waals surface area contributed by atoms with Crippen molar-refractivity contribution in [3.05, 3.63) is 71.2 Å². The Morgan fingerprint density at radius 2 is 1.89 bits per heavy atom. The molecule has 28 heavy (non-hydrogen) atoms. The molecule has 0 atom stereocenters. The lowest BCUT2D eigenvalue weighted by atomic mass is 10.2. The van der Waals surface area contributed by atoms with Gasteiger partial charge in [-0.25, -0.2) is 4.98 Å². The van der Waals surface area contributed by atoms with E-state index in [2.05, 4.69) is 62.6 Å². The molecule has 3 rings (SSSR count). The molecule has 1 amide bonds. The molecule has 0 aliphatic rings. The Hall–Kier alpha value is -3.61. The number of nitrogens with zero attached hydrogens (tertiary/aromatic N) is 3. The molecule has 2 N–H and O–H groups in total. The average molecular weight is 377 g/mol. The van der Waals surface area contributed by atoms with Crippen LogP contribution in [0.5, 0.6) is 5.88 Å². The first-order valence-corrected chi connectivity index (χ1v) is 8.85. The van der Waals surface area contributed by atoms with Gasteiger partial charge in [0.1, 0.15) is 0 Å². The van der Waals surface area contributed by atoms with Crippen LogP contribution in [0.15, 0.2) is 48.7 Å². The Balaban J connectivity index is 1.69. The topological polar surface area (TPSA) is 81.1 Å². The van der Waals surface area contributed by atoms with Crippen molar-refractivity contribution in [3.8, 4) is 11.6 Å². The number of aryl methyl sites for hydroxylation is 2. The van der Waals surface area contributed by atoms with Gasteiger partial charge in [0.05, 0.1) is 7.11 Å². The number of anilines is 1. The summed E-state index contributed by atoms with van der Waals surface area (Å²) in [4.78, 5) is 20.2. The number of carbonyl (C=O) groups is 1. The van der Waals surface area contributed by atoms with Gasteiger partial charge in [-0.1, -0.05) is 17.7 Å². The van der Waals surface area contributed by atoms with Gasteiger partial charge >= 0.3 is 0 Å². The SMILES string of the molecule is COc1ccnc(NNC(=O)/C=C/c2cc(C)n(-c3ccc(C)cc3)c2C)n1. The van der Waals surface area contributed by atoms with Crippen LogP contribution in [0.1, 0.15) is 22.5 Å². The number of hydrogen-bond donors (Lipinski definition) is 2. The van der Waals surface area contributed by atoms with Crippen molar-refractivity contribution in [2.45, 2.75) is 20.8 Å². The van der Waals surface area contributed by atoms with E-state index in [-0.39, 0.29) is 11.9 Å². The molecule has 3 aromatic rings. The predicted octanol–water partition coefficient (Wildman–Crippen LogP) is 3.36. The molecule has 0 radical (unpaired) electrons. The van der Waals surface area contributed by atoms with Crippen LogP contribution in [0, 0.1) is 20.8 Å². The van der Waals surface area contributed by atoms with Gasteiger partial charge in [-0.05, 0) is 50.6 Å². The van der Waals surface area contributed by atoms with E-state index in [1.165, 1.54) is 24.9 Å². The molecule has 7 heteroatoms. The summed E-state index contributed by atoms with van der Waals surface area (Å²) in [6.45, 7) is 6.15. The van der Waals surface area contributed by atoms with E-state index in [0.29, 0.717) is 5.88 Å². The van der Waals surface area contributed by atoms with Gasteiger partial charge in [-0.3, -0.25) is 15.6 Å². The third-order valence-corrected chi connectivity index (χ3v) is 4.31. The molecule has 0 saturated heterocycles. The Labute approximate surface area is 164 Å². The highest BCUT2D eigenvalue weighted by atomic mass is 16.5. The van der Waals surface area contributed by atoms with Crippen LogP contribution < -0.4 is 15.6 Å². The van der Waals surface area contributed by atoms with Crippen LogP contribution >= 0.6 is 0 Å².